The van der Waals surface area contributed by atoms with Crippen molar-refractivity contribution in [2.45, 2.75) is 38.1 Å². The maximum Gasteiger partial charge on any atom is 0.0560 e. The molecule has 1 atom stereocenters. The Labute approximate surface area is 271 Å². The summed E-state index contributed by atoms with van der Waals surface area (Å²) in [6, 6.07) is 42.7. The predicted octanol–water partition coefficient (Wildman–Crippen LogP) is 9.95. The third-order valence-corrected chi connectivity index (χ3v) is 9.44. The van der Waals surface area contributed by atoms with Crippen LogP contribution in [0.3, 0.4) is 0 Å². The number of benzene rings is 5. The first kappa shape index (κ1) is 28.2. The first-order valence-electron chi connectivity index (χ1n) is 16.6. The molecular weight excluding hydrogens is 556 g/mol. The van der Waals surface area contributed by atoms with Gasteiger partial charge in [-0.3, -0.25) is 0 Å². The Kier molecular flexibility index (Phi) is 7.70. The molecule has 0 amide bonds. The molecule has 0 N–H and O–H groups in total. The molecule has 46 heavy (non-hydrogen) atoms. The quantitative estimate of drug-likeness (QED) is 0.185. The van der Waals surface area contributed by atoms with E-state index in [9.17, 15) is 0 Å². The van der Waals surface area contributed by atoms with E-state index < -0.39 is 0 Å². The Hall–Kier alpha value is -5.34. The Morgan fingerprint density at radius 2 is 1.35 bits per heavy atom. The van der Waals surface area contributed by atoms with Gasteiger partial charge in [-0.25, -0.2) is 0 Å². The van der Waals surface area contributed by atoms with Gasteiger partial charge in [0.25, 0.3) is 0 Å². The summed E-state index contributed by atoms with van der Waals surface area (Å²) in [7, 11) is 0. The highest BCUT2D eigenvalue weighted by molar-refractivity contribution is 5.96. The molecule has 0 saturated carbocycles. The van der Waals surface area contributed by atoms with E-state index in [1.54, 1.807) is 0 Å². The zero-order valence-corrected chi connectivity index (χ0v) is 26.1. The summed E-state index contributed by atoms with van der Waals surface area (Å²) in [4.78, 5) is 4.98. The molecule has 224 valence electrons. The minimum atomic E-state index is 0.259. The molecule has 5 aromatic carbocycles. The van der Waals surface area contributed by atoms with Gasteiger partial charge in [-0.15, -0.1) is 0 Å². The van der Waals surface area contributed by atoms with Crippen LogP contribution in [0.25, 0.3) is 33.7 Å². The van der Waals surface area contributed by atoms with Crippen molar-refractivity contribution in [1.82, 2.24) is 0 Å². The average molecular weight is 595 g/mol. The minimum Gasteiger partial charge on any atom is -0.334 e. The van der Waals surface area contributed by atoms with Gasteiger partial charge in [0.05, 0.1) is 6.04 Å². The summed E-state index contributed by atoms with van der Waals surface area (Å²) in [5, 5.41) is 5.21. The second kappa shape index (κ2) is 12.6. The molecular formula is C44H38N2. The van der Waals surface area contributed by atoms with Crippen LogP contribution in [-0.4, -0.2) is 6.04 Å². The number of rotatable bonds is 7. The van der Waals surface area contributed by atoms with Gasteiger partial charge < -0.3 is 9.80 Å². The van der Waals surface area contributed by atoms with Crippen LogP contribution >= 0.6 is 0 Å². The Balaban J connectivity index is 1.14. The summed E-state index contributed by atoms with van der Waals surface area (Å²) >= 11 is 0. The Morgan fingerprint density at radius 3 is 2.13 bits per heavy atom. The predicted molar refractivity (Wildman–Crippen MR) is 196 cm³/mol. The van der Waals surface area contributed by atoms with Crippen molar-refractivity contribution < 1.29 is 0 Å². The lowest BCUT2D eigenvalue weighted by molar-refractivity contribution is 0.787. The third kappa shape index (κ3) is 5.41. The third-order valence-electron chi connectivity index (χ3n) is 9.44. The van der Waals surface area contributed by atoms with E-state index in [1.807, 2.05) is 0 Å². The molecule has 0 aliphatic heterocycles. The standard InChI is InChI=1S/C44H38N2/c1-3-17-37(18-4-1)45(43-23-11-15-35-13-7-9-21-41(35)43)39-29-25-33(26-30-39)34-27-31-40(32-28-34)46(38-19-5-2-6-20-38)44-24-12-16-36-14-8-10-22-42(36)44/h1,3-5,7-11,13-17,19-23,25-32,37H,2,6,12,18,24H2. The number of allylic oxidation sites excluding steroid dienone is 5. The second-order valence-corrected chi connectivity index (χ2v) is 12.3. The molecule has 1 unspecified atom stereocenters. The maximum absolute atomic E-state index is 2.50. The fourth-order valence-corrected chi connectivity index (χ4v) is 7.20. The molecule has 0 spiro atoms. The van der Waals surface area contributed by atoms with E-state index in [-0.39, 0.29) is 6.04 Å². The molecule has 5 aromatic rings. The summed E-state index contributed by atoms with van der Waals surface area (Å²) in [5.41, 5.74) is 8.76. The van der Waals surface area contributed by atoms with Crippen LogP contribution in [-0.2, 0) is 0 Å². The fraction of sp³-hybridized carbons (Fsp3) is 0.136. The molecule has 8 rings (SSSR count). The number of fused-ring (bicyclic) bond motifs is 2. The smallest absolute Gasteiger partial charge is 0.0560 e. The normalized spacial score (nSPS) is 16.9. The highest BCUT2D eigenvalue weighted by atomic mass is 15.2. The van der Waals surface area contributed by atoms with Crippen LogP contribution < -0.4 is 20.2 Å². The summed E-state index contributed by atoms with van der Waals surface area (Å²) in [6.07, 6.45) is 23.5. The first-order chi connectivity index (χ1) is 22.8. The summed E-state index contributed by atoms with van der Waals surface area (Å²) in [6.45, 7) is 0. The highest BCUT2D eigenvalue weighted by Crippen LogP contribution is 2.38. The molecule has 0 radical (unpaired) electrons. The van der Waals surface area contributed by atoms with Gasteiger partial charge in [-0.1, -0.05) is 127 Å². The average Bonchev–Trinajstić information content (AvgIpc) is 3.14. The molecule has 2 nitrogen and oxygen atoms in total. The molecule has 0 fully saturated rings. The number of hydrogen-bond acceptors (Lipinski definition) is 2. The van der Waals surface area contributed by atoms with Crippen LogP contribution in [0.5, 0.6) is 0 Å². The maximum atomic E-state index is 2.50. The number of nitrogens with zero attached hydrogens (tertiary/aromatic N) is 2. The van der Waals surface area contributed by atoms with Crippen molar-refractivity contribution in [2.24, 2.45) is 0 Å². The van der Waals surface area contributed by atoms with E-state index in [1.165, 1.54) is 60.8 Å². The molecule has 2 heteroatoms. The first-order valence-corrected chi connectivity index (χ1v) is 16.6. The molecule has 3 aliphatic rings. The van der Waals surface area contributed by atoms with Crippen molar-refractivity contribution in [3.63, 3.8) is 0 Å². The van der Waals surface area contributed by atoms with Crippen molar-refractivity contribution in [3.8, 4) is 11.1 Å². The molecule has 0 heterocycles. The van der Waals surface area contributed by atoms with Crippen molar-refractivity contribution in [2.75, 3.05) is 9.80 Å². The van der Waals surface area contributed by atoms with E-state index in [0.717, 1.165) is 32.1 Å². The van der Waals surface area contributed by atoms with E-state index in [4.69, 9.17) is 0 Å². The van der Waals surface area contributed by atoms with Gasteiger partial charge in [-0.2, -0.15) is 0 Å². The molecule has 0 saturated heterocycles. The Morgan fingerprint density at radius 1 is 0.587 bits per heavy atom. The Bertz CT molecular complexity index is 2120. The van der Waals surface area contributed by atoms with Gasteiger partial charge in [0.1, 0.15) is 0 Å². The van der Waals surface area contributed by atoms with Crippen LogP contribution in [0.2, 0.25) is 0 Å². The molecule has 3 aliphatic carbocycles. The second-order valence-electron chi connectivity index (χ2n) is 12.3. The lowest BCUT2D eigenvalue weighted by Gasteiger charge is -2.33. The van der Waals surface area contributed by atoms with Gasteiger partial charge in [0, 0.05) is 39.1 Å². The zero-order valence-electron chi connectivity index (χ0n) is 26.1. The van der Waals surface area contributed by atoms with E-state index in [0.29, 0.717) is 0 Å². The van der Waals surface area contributed by atoms with E-state index >= 15 is 0 Å². The van der Waals surface area contributed by atoms with Gasteiger partial charge in [0.2, 0.25) is 0 Å². The minimum absolute atomic E-state index is 0.259. The van der Waals surface area contributed by atoms with Gasteiger partial charge in [0.15, 0.2) is 0 Å². The lowest BCUT2D eigenvalue weighted by Crippen LogP contribution is -2.36. The highest BCUT2D eigenvalue weighted by Gasteiger charge is 2.22. The molecule has 0 aromatic heterocycles. The van der Waals surface area contributed by atoms with Crippen LogP contribution in [0.4, 0.5) is 17.1 Å². The zero-order chi connectivity index (χ0) is 30.7. The molecule has 0 bridgehead atoms. The lowest BCUT2D eigenvalue weighted by atomic mass is 9.99. The summed E-state index contributed by atoms with van der Waals surface area (Å²) in [5.74, 6) is 0. The van der Waals surface area contributed by atoms with Gasteiger partial charge >= 0.3 is 0 Å². The van der Waals surface area contributed by atoms with E-state index in [2.05, 4.69) is 174 Å². The monoisotopic (exact) mass is 594 g/mol. The fourth-order valence-electron chi connectivity index (χ4n) is 7.20. The van der Waals surface area contributed by atoms with Crippen molar-refractivity contribution in [3.05, 3.63) is 174 Å². The van der Waals surface area contributed by atoms with Crippen LogP contribution in [0, 0.1) is 0 Å². The SMILES string of the molecule is C1=CCC(N(c2ccc(-c3ccc(N(C4=CCCC=C4)C4=c5ccccc5=CCC4)cc3)cc2)c2cccc3ccccc23)C=C1. The van der Waals surface area contributed by atoms with Crippen LogP contribution in [0.1, 0.15) is 32.1 Å². The topological polar surface area (TPSA) is 6.48 Å². The van der Waals surface area contributed by atoms with Crippen LogP contribution in [0.15, 0.2) is 163 Å². The number of anilines is 3. The van der Waals surface area contributed by atoms with Crippen molar-refractivity contribution in [1.29, 1.82) is 0 Å². The number of hydrogen-bond donors (Lipinski definition) is 0. The van der Waals surface area contributed by atoms with Gasteiger partial charge in [-0.05, 0) is 90.2 Å². The largest absolute Gasteiger partial charge is 0.334 e. The van der Waals surface area contributed by atoms with Crippen molar-refractivity contribution >= 4 is 39.6 Å². The summed E-state index contributed by atoms with van der Waals surface area (Å²) < 4.78 is 0.